The number of aryl methyl sites for hydroxylation is 1. The summed E-state index contributed by atoms with van der Waals surface area (Å²) in [5.74, 6) is 0.847. The van der Waals surface area contributed by atoms with Gasteiger partial charge in [-0.25, -0.2) is 4.98 Å². The Balaban J connectivity index is 1.73. The summed E-state index contributed by atoms with van der Waals surface area (Å²) < 4.78 is 1.68. The van der Waals surface area contributed by atoms with E-state index in [2.05, 4.69) is 19.2 Å². The van der Waals surface area contributed by atoms with Crippen LogP contribution in [0.25, 0.3) is 15.9 Å². The first-order valence-electron chi connectivity index (χ1n) is 11.0. The summed E-state index contributed by atoms with van der Waals surface area (Å²) in [5.41, 5.74) is 1.95. The van der Waals surface area contributed by atoms with E-state index in [-0.39, 0.29) is 23.3 Å². The lowest BCUT2D eigenvalue weighted by atomic mass is 9.89. The Morgan fingerprint density at radius 2 is 2.13 bits per heavy atom. The summed E-state index contributed by atoms with van der Waals surface area (Å²) >= 11 is 2.98. The van der Waals surface area contributed by atoms with Crippen molar-refractivity contribution in [2.45, 2.75) is 64.1 Å². The molecule has 1 N–H and O–H groups in total. The normalized spacial score (nSPS) is 16.8. The fraction of sp³-hybridized carbons (Fsp3) is 0.458. The van der Waals surface area contributed by atoms with Gasteiger partial charge in [0.15, 0.2) is 5.16 Å². The van der Waals surface area contributed by atoms with Crippen molar-refractivity contribution in [1.82, 2.24) is 14.9 Å². The first kappa shape index (κ1) is 22.1. The van der Waals surface area contributed by atoms with Crippen molar-refractivity contribution in [2.24, 2.45) is 5.92 Å². The molecule has 164 valence electrons. The van der Waals surface area contributed by atoms with Crippen molar-refractivity contribution in [2.75, 3.05) is 5.75 Å². The SMILES string of the molecule is CCCC(C)NC(=O)CSc1nc2sc3c(c2c(=O)n1-c1ccccc1)CCC(C)C3. The van der Waals surface area contributed by atoms with E-state index in [1.54, 1.807) is 15.9 Å². The monoisotopic (exact) mass is 455 g/mol. The molecular weight excluding hydrogens is 426 g/mol. The van der Waals surface area contributed by atoms with Crippen LogP contribution >= 0.6 is 23.1 Å². The van der Waals surface area contributed by atoms with Gasteiger partial charge >= 0.3 is 0 Å². The predicted molar refractivity (Wildman–Crippen MR) is 130 cm³/mol. The topological polar surface area (TPSA) is 64.0 Å². The summed E-state index contributed by atoms with van der Waals surface area (Å²) in [5, 5.41) is 4.38. The number of para-hydroxylation sites is 1. The summed E-state index contributed by atoms with van der Waals surface area (Å²) in [7, 11) is 0. The van der Waals surface area contributed by atoms with Crippen LogP contribution < -0.4 is 10.9 Å². The highest BCUT2D eigenvalue weighted by molar-refractivity contribution is 7.99. The number of rotatable bonds is 7. The summed E-state index contributed by atoms with van der Waals surface area (Å²) in [4.78, 5) is 33.1. The summed E-state index contributed by atoms with van der Waals surface area (Å²) in [6, 6.07) is 9.76. The third kappa shape index (κ3) is 4.72. The maximum absolute atomic E-state index is 13.7. The predicted octanol–water partition coefficient (Wildman–Crippen LogP) is 4.97. The first-order chi connectivity index (χ1) is 15.0. The van der Waals surface area contributed by atoms with Gasteiger partial charge in [-0.3, -0.25) is 14.2 Å². The minimum atomic E-state index is -0.0285. The van der Waals surface area contributed by atoms with Gasteiger partial charge < -0.3 is 5.32 Å². The molecule has 0 bridgehead atoms. The molecule has 1 aliphatic rings. The molecule has 2 heterocycles. The van der Waals surface area contributed by atoms with E-state index in [9.17, 15) is 9.59 Å². The molecule has 2 unspecified atom stereocenters. The highest BCUT2D eigenvalue weighted by Crippen LogP contribution is 2.37. The second-order valence-corrected chi connectivity index (χ2v) is 10.5. The van der Waals surface area contributed by atoms with Gasteiger partial charge in [0.25, 0.3) is 5.56 Å². The Morgan fingerprint density at radius 1 is 1.35 bits per heavy atom. The van der Waals surface area contributed by atoms with E-state index in [1.165, 1.54) is 22.2 Å². The molecule has 3 aromatic rings. The molecule has 5 nitrogen and oxygen atoms in total. The molecule has 1 amide bonds. The lowest BCUT2D eigenvalue weighted by Gasteiger charge is -2.18. The van der Waals surface area contributed by atoms with Crippen molar-refractivity contribution < 1.29 is 4.79 Å². The molecule has 4 rings (SSSR count). The fourth-order valence-electron chi connectivity index (χ4n) is 4.22. The second kappa shape index (κ2) is 9.57. The van der Waals surface area contributed by atoms with Gasteiger partial charge in [0.2, 0.25) is 5.91 Å². The van der Waals surface area contributed by atoms with Crippen molar-refractivity contribution >= 4 is 39.2 Å². The van der Waals surface area contributed by atoms with Gasteiger partial charge in [-0.1, -0.05) is 50.2 Å². The molecule has 1 aliphatic carbocycles. The number of hydrogen-bond acceptors (Lipinski definition) is 5. The smallest absolute Gasteiger partial charge is 0.267 e. The minimum absolute atomic E-state index is 0.0227. The van der Waals surface area contributed by atoms with Gasteiger partial charge in [0, 0.05) is 10.9 Å². The number of amides is 1. The van der Waals surface area contributed by atoms with Crippen LogP contribution in [0, 0.1) is 5.92 Å². The largest absolute Gasteiger partial charge is 0.353 e. The van der Waals surface area contributed by atoms with Crippen LogP contribution in [0.5, 0.6) is 0 Å². The van der Waals surface area contributed by atoms with E-state index >= 15 is 0 Å². The Kier molecular flexibility index (Phi) is 6.82. The van der Waals surface area contributed by atoms with Gasteiger partial charge in [-0.2, -0.15) is 0 Å². The Morgan fingerprint density at radius 3 is 2.87 bits per heavy atom. The third-order valence-electron chi connectivity index (χ3n) is 5.77. The summed E-state index contributed by atoms with van der Waals surface area (Å²) in [6.45, 7) is 6.40. The Labute approximate surface area is 191 Å². The molecule has 1 aromatic carbocycles. The Hall–Kier alpha value is -2.12. The number of carbonyl (C=O) groups excluding carboxylic acids is 1. The zero-order valence-corrected chi connectivity index (χ0v) is 19.9. The molecule has 0 saturated carbocycles. The van der Waals surface area contributed by atoms with Crippen molar-refractivity contribution in [3.63, 3.8) is 0 Å². The van der Waals surface area contributed by atoms with Crippen molar-refractivity contribution in [1.29, 1.82) is 0 Å². The number of hydrogen-bond donors (Lipinski definition) is 1. The second-order valence-electron chi connectivity index (χ2n) is 8.45. The number of aromatic nitrogens is 2. The molecule has 2 aromatic heterocycles. The molecule has 0 spiro atoms. The van der Waals surface area contributed by atoms with Crippen LogP contribution in [-0.2, 0) is 17.6 Å². The third-order valence-corrected chi connectivity index (χ3v) is 7.86. The Bertz CT molecular complexity index is 1140. The van der Waals surface area contributed by atoms with Crippen molar-refractivity contribution in [3.05, 3.63) is 51.1 Å². The van der Waals surface area contributed by atoms with Crippen LogP contribution in [-0.4, -0.2) is 27.3 Å². The summed E-state index contributed by atoms with van der Waals surface area (Å²) in [6.07, 6.45) is 5.04. The van der Waals surface area contributed by atoms with E-state index in [4.69, 9.17) is 4.98 Å². The lowest BCUT2D eigenvalue weighted by Crippen LogP contribution is -2.34. The quantitative estimate of drug-likeness (QED) is 0.404. The van der Waals surface area contributed by atoms with Crippen molar-refractivity contribution in [3.8, 4) is 5.69 Å². The maximum atomic E-state index is 13.7. The average Bonchev–Trinajstić information content (AvgIpc) is 3.10. The van der Waals surface area contributed by atoms with E-state index in [1.807, 2.05) is 37.3 Å². The molecule has 31 heavy (non-hydrogen) atoms. The number of fused-ring (bicyclic) bond motifs is 3. The highest BCUT2D eigenvalue weighted by atomic mass is 32.2. The van der Waals surface area contributed by atoms with E-state index in [0.29, 0.717) is 11.1 Å². The molecule has 0 radical (unpaired) electrons. The number of nitrogens with zero attached hydrogens (tertiary/aromatic N) is 2. The fourth-order valence-corrected chi connectivity index (χ4v) is 6.47. The first-order valence-corrected chi connectivity index (χ1v) is 12.8. The van der Waals surface area contributed by atoms with E-state index in [0.717, 1.165) is 48.0 Å². The molecule has 7 heteroatoms. The van der Waals surface area contributed by atoms with Crippen LogP contribution in [0.4, 0.5) is 0 Å². The van der Waals surface area contributed by atoms with Crippen LogP contribution in [0.15, 0.2) is 40.3 Å². The molecular formula is C24H29N3O2S2. The van der Waals surface area contributed by atoms with Gasteiger partial charge in [-0.05, 0) is 56.2 Å². The van der Waals surface area contributed by atoms with Gasteiger partial charge in [0.1, 0.15) is 4.83 Å². The number of thioether (sulfide) groups is 1. The zero-order chi connectivity index (χ0) is 22.0. The highest BCUT2D eigenvalue weighted by Gasteiger charge is 2.25. The van der Waals surface area contributed by atoms with Crippen LogP contribution in [0.3, 0.4) is 0 Å². The molecule has 0 fully saturated rings. The molecule has 2 atom stereocenters. The van der Waals surface area contributed by atoms with E-state index < -0.39 is 0 Å². The molecule has 0 saturated heterocycles. The van der Waals surface area contributed by atoms with Crippen LogP contribution in [0.1, 0.15) is 50.5 Å². The number of benzene rings is 1. The molecule has 0 aliphatic heterocycles. The van der Waals surface area contributed by atoms with Gasteiger partial charge in [0.05, 0.1) is 16.8 Å². The number of thiophene rings is 1. The maximum Gasteiger partial charge on any atom is 0.267 e. The minimum Gasteiger partial charge on any atom is -0.353 e. The average molecular weight is 456 g/mol. The number of nitrogens with one attached hydrogen (secondary N) is 1. The number of carbonyl (C=O) groups is 1. The van der Waals surface area contributed by atoms with Gasteiger partial charge in [-0.15, -0.1) is 11.3 Å². The standard InChI is InChI=1S/C24H29N3O2S2/c1-4-8-16(3)25-20(28)14-30-24-26-22-21(18-12-11-15(2)13-19(18)31-22)23(29)27(24)17-9-6-5-7-10-17/h5-7,9-10,15-16H,4,8,11-14H2,1-3H3,(H,25,28). The van der Waals surface area contributed by atoms with Crippen LogP contribution in [0.2, 0.25) is 0 Å². The lowest BCUT2D eigenvalue weighted by molar-refractivity contribution is -0.119. The zero-order valence-electron chi connectivity index (χ0n) is 18.3.